The fourth-order valence-corrected chi connectivity index (χ4v) is 4.22. The number of hydrogen-bond donors (Lipinski definition) is 1. The Bertz CT molecular complexity index is 959. The van der Waals surface area contributed by atoms with Gasteiger partial charge in [-0.1, -0.05) is 43.1 Å². The standard InChI is InChI=1S/C21H27ClN2O4S/c1-14(2)16(4)23-21(25)13-24(17-8-11-20(28-5)19(22)12-17)29(26,27)18-9-6-15(3)7-10-18/h6-12,14,16H,13H2,1-5H3,(H,23,25). The predicted octanol–water partition coefficient (Wildman–Crippen LogP) is 4.01. The van der Waals surface area contributed by atoms with Crippen molar-refractivity contribution < 1.29 is 17.9 Å². The summed E-state index contributed by atoms with van der Waals surface area (Å²) in [6.45, 7) is 7.35. The summed E-state index contributed by atoms with van der Waals surface area (Å²) < 4.78 is 32.9. The average molecular weight is 439 g/mol. The smallest absolute Gasteiger partial charge is 0.264 e. The third-order valence-electron chi connectivity index (χ3n) is 4.71. The van der Waals surface area contributed by atoms with E-state index in [2.05, 4.69) is 5.32 Å². The number of ether oxygens (including phenoxy) is 1. The van der Waals surface area contributed by atoms with Gasteiger partial charge < -0.3 is 10.1 Å². The first-order chi connectivity index (χ1) is 13.6. The van der Waals surface area contributed by atoms with E-state index < -0.39 is 15.9 Å². The minimum atomic E-state index is -3.99. The third kappa shape index (κ3) is 5.64. The zero-order chi connectivity index (χ0) is 21.8. The molecule has 0 bridgehead atoms. The lowest BCUT2D eigenvalue weighted by molar-refractivity contribution is -0.120. The number of aryl methyl sites for hydroxylation is 1. The molecule has 0 saturated heterocycles. The van der Waals surface area contributed by atoms with Crippen molar-refractivity contribution >= 4 is 33.2 Å². The number of carbonyl (C=O) groups excluding carboxylic acids is 1. The minimum absolute atomic E-state index is 0.0918. The molecule has 0 aliphatic rings. The maximum atomic E-state index is 13.3. The largest absolute Gasteiger partial charge is 0.495 e. The highest BCUT2D eigenvalue weighted by atomic mass is 35.5. The molecule has 1 amide bonds. The number of carbonyl (C=O) groups is 1. The van der Waals surface area contributed by atoms with Gasteiger partial charge >= 0.3 is 0 Å². The maximum absolute atomic E-state index is 13.3. The van der Waals surface area contributed by atoms with Crippen molar-refractivity contribution in [1.29, 1.82) is 0 Å². The summed E-state index contributed by atoms with van der Waals surface area (Å²) in [5.74, 6) is 0.242. The summed E-state index contributed by atoms with van der Waals surface area (Å²) in [4.78, 5) is 12.7. The molecular formula is C21H27ClN2O4S. The Kier molecular flexibility index (Phi) is 7.54. The zero-order valence-electron chi connectivity index (χ0n) is 17.3. The second-order valence-corrected chi connectivity index (χ2v) is 9.51. The van der Waals surface area contributed by atoms with Gasteiger partial charge in [0.25, 0.3) is 10.0 Å². The van der Waals surface area contributed by atoms with Gasteiger partial charge in [0.05, 0.1) is 22.7 Å². The van der Waals surface area contributed by atoms with Gasteiger partial charge in [-0.05, 0) is 50.1 Å². The summed E-state index contributed by atoms with van der Waals surface area (Å²) in [6.07, 6.45) is 0. The van der Waals surface area contributed by atoms with E-state index in [0.717, 1.165) is 9.87 Å². The molecular weight excluding hydrogens is 412 g/mol. The van der Waals surface area contributed by atoms with Crippen LogP contribution in [0.25, 0.3) is 0 Å². The molecule has 0 radical (unpaired) electrons. The molecule has 1 unspecified atom stereocenters. The Morgan fingerprint density at radius 1 is 1.14 bits per heavy atom. The number of rotatable bonds is 8. The van der Waals surface area contributed by atoms with Crippen molar-refractivity contribution in [2.75, 3.05) is 18.0 Å². The highest BCUT2D eigenvalue weighted by Crippen LogP contribution is 2.32. The lowest BCUT2D eigenvalue weighted by Crippen LogP contribution is -2.45. The van der Waals surface area contributed by atoms with Gasteiger partial charge in [-0.3, -0.25) is 9.10 Å². The number of benzene rings is 2. The number of anilines is 1. The SMILES string of the molecule is COc1ccc(N(CC(=O)NC(C)C(C)C)S(=O)(=O)c2ccc(C)cc2)cc1Cl. The number of hydrogen-bond acceptors (Lipinski definition) is 4. The first-order valence-corrected chi connectivity index (χ1v) is 11.1. The fourth-order valence-electron chi connectivity index (χ4n) is 2.56. The van der Waals surface area contributed by atoms with Crippen LogP contribution in [0, 0.1) is 12.8 Å². The number of nitrogens with zero attached hydrogens (tertiary/aromatic N) is 1. The van der Waals surface area contributed by atoms with Gasteiger partial charge in [-0.2, -0.15) is 0 Å². The molecule has 0 spiro atoms. The molecule has 0 aromatic heterocycles. The second-order valence-electron chi connectivity index (χ2n) is 7.24. The zero-order valence-corrected chi connectivity index (χ0v) is 18.8. The van der Waals surface area contributed by atoms with Gasteiger partial charge in [0, 0.05) is 6.04 Å². The van der Waals surface area contributed by atoms with E-state index >= 15 is 0 Å². The molecule has 0 aliphatic carbocycles. The first kappa shape index (κ1) is 23.0. The summed E-state index contributed by atoms with van der Waals surface area (Å²) in [7, 11) is -2.51. The molecule has 1 N–H and O–H groups in total. The van der Waals surface area contributed by atoms with E-state index in [9.17, 15) is 13.2 Å². The van der Waals surface area contributed by atoms with E-state index in [4.69, 9.17) is 16.3 Å². The van der Waals surface area contributed by atoms with E-state index in [1.54, 1.807) is 24.3 Å². The van der Waals surface area contributed by atoms with Gasteiger partial charge in [0.1, 0.15) is 12.3 Å². The molecule has 2 aromatic rings. The minimum Gasteiger partial charge on any atom is -0.495 e. The van der Waals surface area contributed by atoms with Crippen LogP contribution in [0.5, 0.6) is 5.75 Å². The van der Waals surface area contributed by atoms with Crippen molar-refractivity contribution in [3.05, 3.63) is 53.1 Å². The Morgan fingerprint density at radius 2 is 1.76 bits per heavy atom. The van der Waals surface area contributed by atoms with Crippen molar-refractivity contribution in [2.45, 2.75) is 38.6 Å². The van der Waals surface area contributed by atoms with E-state index in [0.29, 0.717) is 5.75 Å². The topological polar surface area (TPSA) is 75.7 Å². The van der Waals surface area contributed by atoms with Crippen LogP contribution in [0.15, 0.2) is 47.4 Å². The van der Waals surface area contributed by atoms with Gasteiger partial charge in [-0.25, -0.2) is 8.42 Å². The van der Waals surface area contributed by atoms with Crippen molar-refractivity contribution in [3.8, 4) is 5.75 Å². The number of amides is 1. The molecule has 2 rings (SSSR count). The fraction of sp³-hybridized carbons (Fsp3) is 0.381. The second kappa shape index (κ2) is 9.50. The Balaban J connectivity index is 2.46. The first-order valence-electron chi connectivity index (χ1n) is 9.28. The van der Waals surface area contributed by atoms with Crippen LogP contribution in [-0.2, 0) is 14.8 Å². The molecule has 6 nitrogen and oxygen atoms in total. The monoisotopic (exact) mass is 438 g/mol. The number of sulfonamides is 1. The molecule has 0 aliphatic heterocycles. The highest BCUT2D eigenvalue weighted by molar-refractivity contribution is 7.92. The predicted molar refractivity (Wildman–Crippen MR) is 116 cm³/mol. The van der Waals surface area contributed by atoms with Crippen LogP contribution in [0.2, 0.25) is 5.02 Å². The molecule has 2 aromatic carbocycles. The van der Waals surface area contributed by atoms with Gasteiger partial charge in [-0.15, -0.1) is 0 Å². The lowest BCUT2D eigenvalue weighted by atomic mass is 10.1. The van der Waals surface area contributed by atoms with Crippen molar-refractivity contribution in [3.63, 3.8) is 0 Å². The Hall–Kier alpha value is -2.25. The van der Waals surface area contributed by atoms with Gasteiger partial charge in [0.2, 0.25) is 5.91 Å². The molecule has 0 saturated carbocycles. The summed E-state index contributed by atoms with van der Waals surface area (Å²) >= 11 is 6.21. The third-order valence-corrected chi connectivity index (χ3v) is 6.79. The molecule has 158 valence electrons. The van der Waals surface area contributed by atoms with E-state index in [1.165, 1.54) is 25.3 Å². The molecule has 0 heterocycles. The van der Waals surface area contributed by atoms with E-state index in [1.807, 2.05) is 27.7 Å². The molecule has 29 heavy (non-hydrogen) atoms. The molecule has 1 atom stereocenters. The van der Waals surface area contributed by atoms with Crippen LogP contribution < -0.4 is 14.4 Å². The number of methoxy groups -OCH3 is 1. The van der Waals surface area contributed by atoms with E-state index in [-0.39, 0.29) is 34.1 Å². The normalized spacial score (nSPS) is 12.5. The van der Waals surface area contributed by atoms with Crippen LogP contribution >= 0.6 is 11.6 Å². The summed E-state index contributed by atoms with van der Waals surface area (Å²) in [6, 6.07) is 11.0. The lowest BCUT2D eigenvalue weighted by Gasteiger charge is -2.26. The van der Waals surface area contributed by atoms with Crippen LogP contribution in [0.4, 0.5) is 5.69 Å². The quantitative estimate of drug-likeness (QED) is 0.675. The van der Waals surface area contributed by atoms with Crippen molar-refractivity contribution in [2.24, 2.45) is 5.92 Å². The van der Waals surface area contributed by atoms with Crippen molar-refractivity contribution in [1.82, 2.24) is 5.32 Å². The van der Waals surface area contributed by atoms with Crippen LogP contribution in [0.1, 0.15) is 26.3 Å². The van der Waals surface area contributed by atoms with Crippen LogP contribution in [-0.4, -0.2) is 34.0 Å². The Labute approximate surface area is 177 Å². The van der Waals surface area contributed by atoms with Gasteiger partial charge in [0.15, 0.2) is 0 Å². The number of halogens is 1. The van der Waals surface area contributed by atoms with Crippen LogP contribution in [0.3, 0.4) is 0 Å². The Morgan fingerprint density at radius 3 is 2.28 bits per heavy atom. The summed E-state index contributed by atoms with van der Waals surface area (Å²) in [5, 5.41) is 3.10. The number of nitrogens with one attached hydrogen (secondary N) is 1. The molecule has 8 heteroatoms. The average Bonchev–Trinajstić information content (AvgIpc) is 2.66. The maximum Gasteiger partial charge on any atom is 0.264 e. The summed E-state index contributed by atoms with van der Waals surface area (Å²) in [5.41, 5.74) is 1.22. The highest BCUT2D eigenvalue weighted by Gasteiger charge is 2.28. The molecule has 0 fully saturated rings.